The van der Waals surface area contributed by atoms with Crippen molar-refractivity contribution >= 4 is 34.3 Å². The number of anilines is 2. The summed E-state index contributed by atoms with van der Waals surface area (Å²) in [6.07, 6.45) is 1.80. The average molecular weight is 254 g/mol. The van der Waals surface area contributed by atoms with Crippen molar-refractivity contribution in [2.75, 3.05) is 11.1 Å². The number of nitrogens with one attached hydrogen (secondary N) is 1. The number of benzene rings is 1. The summed E-state index contributed by atoms with van der Waals surface area (Å²) in [4.78, 5) is 4.20. The molecule has 0 fully saturated rings. The molecular formula is C11H12ClN3S. The van der Waals surface area contributed by atoms with Gasteiger partial charge in [0.1, 0.15) is 5.01 Å². The van der Waals surface area contributed by atoms with Crippen LogP contribution in [-0.2, 0) is 6.54 Å². The minimum atomic E-state index is 0.576. The fourth-order valence-electron chi connectivity index (χ4n) is 1.41. The Labute approximate surface area is 103 Å². The molecule has 1 heterocycles. The molecule has 3 N–H and O–H groups in total. The van der Waals surface area contributed by atoms with Crippen molar-refractivity contribution in [3.63, 3.8) is 0 Å². The fraction of sp³-hybridized carbons (Fsp3) is 0.182. The van der Waals surface area contributed by atoms with Gasteiger partial charge in [-0.05, 0) is 24.6 Å². The molecule has 0 radical (unpaired) electrons. The first-order valence-corrected chi connectivity index (χ1v) is 6.10. The number of hydrogen-bond acceptors (Lipinski definition) is 4. The minimum absolute atomic E-state index is 0.576. The summed E-state index contributed by atoms with van der Waals surface area (Å²) in [5, 5.41) is 6.87. The highest BCUT2D eigenvalue weighted by Gasteiger charge is 2.03. The van der Waals surface area contributed by atoms with Crippen molar-refractivity contribution in [2.45, 2.75) is 13.5 Å². The zero-order valence-electron chi connectivity index (χ0n) is 8.83. The second kappa shape index (κ2) is 4.72. The van der Waals surface area contributed by atoms with Gasteiger partial charge in [-0.25, -0.2) is 4.98 Å². The summed E-state index contributed by atoms with van der Waals surface area (Å²) in [5.74, 6) is 0. The highest BCUT2D eigenvalue weighted by Crippen LogP contribution is 2.27. The number of rotatable bonds is 3. The number of thiazole rings is 1. The third-order valence-electron chi connectivity index (χ3n) is 2.26. The third kappa shape index (κ3) is 2.46. The molecule has 0 saturated carbocycles. The Balaban J connectivity index is 2.12. The predicted molar refractivity (Wildman–Crippen MR) is 70.0 cm³/mol. The van der Waals surface area contributed by atoms with Gasteiger partial charge in [-0.1, -0.05) is 11.6 Å². The van der Waals surface area contributed by atoms with E-state index in [0.29, 0.717) is 17.3 Å². The maximum absolute atomic E-state index is 5.97. The highest BCUT2D eigenvalue weighted by atomic mass is 35.5. The van der Waals surface area contributed by atoms with E-state index in [1.807, 2.05) is 24.4 Å². The SMILES string of the molecule is Cc1cc(N)c(Cl)cc1NCc1nccs1. The molecule has 84 valence electrons. The maximum atomic E-state index is 5.97. The molecule has 0 aliphatic carbocycles. The molecule has 0 atom stereocenters. The van der Waals surface area contributed by atoms with Crippen molar-refractivity contribution in [3.05, 3.63) is 39.3 Å². The van der Waals surface area contributed by atoms with Gasteiger partial charge in [0.25, 0.3) is 0 Å². The van der Waals surface area contributed by atoms with E-state index >= 15 is 0 Å². The second-order valence-corrected chi connectivity index (χ2v) is 4.85. The van der Waals surface area contributed by atoms with Gasteiger partial charge in [0, 0.05) is 17.3 Å². The minimum Gasteiger partial charge on any atom is -0.398 e. The Bertz CT molecular complexity index is 482. The quantitative estimate of drug-likeness (QED) is 0.826. The van der Waals surface area contributed by atoms with Crippen LogP contribution in [-0.4, -0.2) is 4.98 Å². The van der Waals surface area contributed by atoms with E-state index in [2.05, 4.69) is 10.3 Å². The fourth-order valence-corrected chi connectivity index (χ4v) is 2.13. The number of nitrogen functional groups attached to an aromatic ring is 1. The van der Waals surface area contributed by atoms with Gasteiger partial charge in [-0.2, -0.15) is 0 Å². The molecule has 0 unspecified atom stereocenters. The first kappa shape index (κ1) is 11.2. The van der Waals surface area contributed by atoms with E-state index in [4.69, 9.17) is 17.3 Å². The lowest BCUT2D eigenvalue weighted by Gasteiger charge is -2.10. The maximum Gasteiger partial charge on any atom is 0.112 e. The van der Waals surface area contributed by atoms with Crippen LogP contribution in [0, 0.1) is 6.92 Å². The molecule has 16 heavy (non-hydrogen) atoms. The van der Waals surface area contributed by atoms with Crippen molar-refractivity contribution in [2.24, 2.45) is 0 Å². The van der Waals surface area contributed by atoms with Crippen LogP contribution in [0.1, 0.15) is 10.6 Å². The Morgan fingerprint density at radius 3 is 3.00 bits per heavy atom. The molecule has 0 aliphatic rings. The van der Waals surface area contributed by atoms with Crippen molar-refractivity contribution in [3.8, 4) is 0 Å². The molecular weight excluding hydrogens is 242 g/mol. The van der Waals surface area contributed by atoms with E-state index in [-0.39, 0.29) is 0 Å². The molecule has 0 bridgehead atoms. The van der Waals surface area contributed by atoms with Crippen LogP contribution >= 0.6 is 22.9 Å². The Hall–Kier alpha value is -1.26. The van der Waals surface area contributed by atoms with Crippen LogP contribution in [0.25, 0.3) is 0 Å². The van der Waals surface area contributed by atoms with Crippen LogP contribution in [0.5, 0.6) is 0 Å². The van der Waals surface area contributed by atoms with Crippen LogP contribution in [0.15, 0.2) is 23.7 Å². The summed E-state index contributed by atoms with van der Waals surface area (Å²) in [6, 6.07) is 3.71. The summed E-state index contributed by atoms with van der Waals surface area (Å²) >= 11 is 7.59. The number of hydrogen-bond donors (Lipinski definition) is 2. The zero-order chi connectivity index (χ0) is 11.5. The monoisotopic (exact) mass is 253 g/mol. The van der Waals surface area contributed by atoms with Gasteiger partial charge < -0.3 is 11.1 Å². The summed E-state index contributed by atoms with van der Waals surface area (Å²) in [5.41, 5.74) is 8.40. The van der Waals surface area contributed by atoms with Crippen LogP contribution in [0.2, 0.25) is 5.02 Å². The van der Waals surface area contributed by atoms with E-state index in [9.17, 15) is 0 Å². The third-order valence-corrected chi connectivity index (χ3v) is 3.36. The molecule has 1 aromatic heterocycles. The van der Waals surface area contributed by atoms with Crippen molar-refractivity contribution in [1.29, 1.82) is 0 Å². The van der Waals surface area contributed by atoms with Gasteiger partial charge in [-0.3, -0.25) is 0 Å². The van der Waals surface area contributed by atoms with Gasteiger partial charge >= 0.3 is 0 Å². The Morgan fingerprint density at radius 1 is 1.50 bits per heavy atom. The van der Waals surface area contributed by atoms with Crippen molar-refractivity contribution < 1.29 is 0 Å². The molecule has 0 saturated heterocycles. The smallest absolute Gasteiger partial charge is 0.112 e. The Morgan fingerprint density at radius 2 is 2.31 bits per heavy atom. The van der Waals surface area contributed by atoms with E-state index < -0.39 is 0 Å². The van der Waals surface area contributed by atoms with E-state index in [0.717, 1.165) is 16.3 Å². The van der Waals surface area contributed by atoms with E-state index in [1.165, 1.54) is 0 Å². The normalized spacial score (nSPS) is 10.4. The molecule has 0 aliphatic heterocycles. The molecule has 2 aromatic rings. The number of nitrogens with zero attached hydrogens (tertiary/aromatic N) is 1. The molecule has 5 heteroatoms. The predicted octanol–water partition coefficient (Wildman–Crippen LogP) is 3.30. The van der Waals surface area contributed by atoms with Crippen LogP contribution in [0.4, 0.5) is 11.4 Å². The van der Waals surface area contributed by atoms with E-state index in [1.54, 1.807) is 17.5 Å². The zero-order valence-corrected chi connectivity index (χ0v) is 10.4. The number of aromatic nitrogens is 1. The molecule has 2 rings (SSSR count). The first-order chi connectivity index (χ1) is 7.66. The lowest BCUT2D eigenvalue weighted by atomic mass is 10.2. The Kier molecular flexibility index (Phi) is 3.31. The van der Waals surface area contributed by atoms with Crippen molar-refractivity contribution in [1.82, 2.24) is 4.98 Å². The summed E-state index contributed by atoms with van der Waals surface area (Å²) in [6.45, 7) is 2.70. The molecule has 0 amide bonds. The van der Waals surface area contributed by atoms with Crippen LogP contribution in [0.3, 0.4) is 0 Å². The first-order valence-electron chi connectivity index (χ1n) is 4.84. The van der Waals surface area contributed by atoms with Gasteiger partial charge in [0.05, 0.1) is 17.3 Å². The average Bonchev–Trinajstić information content (AvgIpc) is 2.74. The lowest BCUT2D eigenvalue weighted by Crippen LogP contribution is -2.01. The molecule has 3 nitrogen and oxygen atoms in total. The summed E-state index contributed by atoms with van der Waals surface area (Å²) in [7, 11) is 0. The summed E-state index contributed by atoms with van der Waals surface area (Å²) < 4.78 is 0. The topological polar surface area (TPSA) is 50.9 Å². The van der Waals surface area contributed by atoms with Gasteiger partial charge in [0.15, 0.2) is 0 Å². The van der Waals surface area contributed by atoms with Gasteiger partial charge in [-0.15, -0.1) is 11.3 Å². The van der Waals surface area contributed by atoms with Crippen LogP contribution < -0.4 is 11.1 Å². The number of halogens is 1. The highest BCUT2D eigenvalue weighted by molar-refractivity contribution is 7.09. The lowest BCUT2D eigenvalue weighted by molar-refractivity contribution is 1.10. The number of nitrogens with two attached hydrogens (primary N) is 1. The van der Waals surface area contributed by atoms with Gasteiger partial charge in [0.2, 0.25) is 0 Å². The second-order valence-electron chi connectivity index (χ2n) is 3.47. The molecule has 1 aromatic carbocycles. The standard InChI is InChI=1S/C11H12ClN3S/c1-7-4-9(13)8(12)5-10(7)15-6-11-14-2-3-16-11/h2-5,15H,6,13H2,1H3. The largest absolute Gasteiger partial charge is 0.398 e. The number of aryl methyl sites for hydroxylation is 1. The molecule has 0 spiro atoms.